The summed E-state index contributed by atoms with van der Waals surface area (Å²) in [7, 11) is 0. The third-order valence-corrected chi connectivity index (χ3v) is 6.98. The molecular formula is C24H31N5. The zero-order valence-corrected chi connectivity index (χ0v) is 17.6. The second-order valence-corrected chi connectivity index (χ2v) is 9.08. The van der Waals surface area contributed by atoms with Crippen LogP contribution < -0.4 is 4.90 Å². The van der Waals surface area contributed by atoms with Gasteiger partial charge in [-0.05, 0) is 63.1 Å². The number of H-pyrrole nitrogens is 1. The van der Waals surface area contributed by atoms with E-state index in [-0.39, 0.29) is 0 Å². The number of anilines is 1. The lowest BCUT2D eigenvalue weighted by Gasteiger charge is -2.48. The Hall–Kier alpha value is -2.40. The first-order valence-corrected chi connectivity index (χ1v) is 10.9. The van der Waals surface area contributed by atoms with Crippen molar-refractivity contribution in [2.75, 3.05) is 31.1 Å². The van der Waals surface area contributed by atoms with E-state index in [4.69, 9.17) is 4.98 Å². The van der Waals surface area contributed by atoms with Crippen molar-refractivity contribution in [2.24, 2.45) is 5.41 Å². The SMILES string of the molecule is Cc1cnc(C)c(N2CCC3(CCCN(Cc4c[nH]c5ccccc45)C3)CC2)n1. The van der Waals surface area contributed by atoms with Crippen LogP contribution in [0.2, 0.25) is 0 Å². The predicted molar refractivity (Wildman–Crippen MR) is 118 cm³/mol. The lowest BCUT2D eigenvalue weighted by atomic mass is 9.72. The summed E-state index contributed by atoms with van der Waals surface area (Å²) in [4.78, 5) is 17.9. The first-order valence-electron chi connectivity index (χ1n) is 10.9. The molecule has 0 radical (unpaired) electrons. The summed E-state index contributed by atoms with van der Waals surface area (Å²) in [5.74, 6) is 1.09. The van der Waals surface area contributed by atoms with E-state index in [0.29, 0.717) is 5.41 Å². The standard InChI is InChI=1S/C24H31N5/c1-18-14-25-19(2)23(27-18)29-12-9-24(10-13-29)8-5-11-28(17-24)16-20-15-26-22-7-4-3-6-21(20)22/h3-4,6-7,14-15,26H,5,8-13,16-17H2,1-2H3. The van der Waals surface area contributed by atoms with Gasteiger partial charge in [0.1, 0.15) is 5.82 Å². The van der Waals surface area contributed by atoms with Crippen LogP contribution in [0.4, 0.5) is 5.82 Å². The second kappa shape index (κ2) is 7.45. The molecule has 5 rings (SSSR count). The molecule has 1 aromatic carbocycles. The summed E-state index contributed by atoms with van der Waals surface area (Å²) in [5, 5.41) is 1.37. The maximum absolute atomic E-state index is 4.77. The number of hydrogen-bond acceptors (Lipinski definition) is 4. The number of para-hydroxylation sites is 1. The van der Waals surface area contributed by atoms with Gasteiger partial charge in [0.2, 0.25) is 0 Å². The minimum absolute atomic E-state index is 0.464. The van der Waals surface area contributed by atoms with Crippen molar-refractivity contribution < 1.29 is 0 Å². The topological polar surface area (TPSA) is 48.1 Å². The first-order chi connectivity index (χ1) is 14.1. The number of likely N-dealkylation sites (tertiary alicyclic amines) is 1. The smallest absolute Gasteiger partial charge is 0.150 e. The highest BCUT2D eigenvalue weighted by Crippen LogP contribution is 2.41. The molecule has 2 fully saturated rings. The summed E-state index contributed by atoms with van der Waals surface area (Å²) in [6.45, 7) is 9.80. The molecule has 1 N–H and O–H groups in total. The Morgan fingerprint density at radius 1 is 1.07 bits per heavy atom. The minimum atomic E-state index is 0.464. The molecule has 0 saturated carbocycles. The van der Waals surface area contributed by atoms with Gasteiger partial charge in [-0.15, -0.1) is 0 Å². The summed E-state index contributed by atoms with van der Waals surface area (Å²) < 4.78 is 0. The van der Waals surface area contributed by atoms with Crippen molar-refractivity contribution in [2.45, 2.75) is 46.1 Å². The number of nitrogens with one attached hydrogen (secondary N) is 1. The fourth-order valence-corrected chi connectivity index (χ4v) is 5.37. The Bertz CT molecular complexity index is 999. The van der Waals surface area contributed by atoms with Gasteiger partial charge in [0, 0.05) is 49.5 Å². The van der Waals surface area contributed by atoms with Crippen LogP contribution in [0.1, 0.15) is 42.6 Å². The Labute approximate surface area is 173 Å². The van der Waals surface area contributed by atoms with Crippen molar-refractivity contribution in [3.05, 3.63) is 53.6 Å². The van der Waals surface area contributed by atoms with Crippen molar-refractivity contribution in [3.8, 4) is 0 Å². The van der Waals surface area contributed by atoms with Crippen LogP contribution in [-0.4, -0.2) is 46.0 Å². The average Bonchev–Trinajstić information content (AvgIpc) is 3.14. The van der Waals surface area contributed by atoms with Crippen LogP contribution in [0, 0.1) is 19.3 Å². The van der Waals surface area contributed by atoms with Crippen molar-refractivity contribution in [1.29, 1.82) is 0 Å². The Balaban J connectivity index is 1.27. The largest absolute Gasteiger partial charge is 0.361 e. The lowest BCUT2D eigenvalue weighted by Crippen LogP contribution is -2.49. The molecule has 29 heavy (non-hydrogen) atoms. The summed E-state index contributed by atoms with van der Waals surface area (Å²) in [5.41, 5.74) is 5.20. The normalized spacial score (nSPS) is 19.9. The van der Waals surface area contributed by atoms with Gasteiger partial charge in [-0.25, -0.2) is 4.98 Å². The molecule has 2 saturated heterocycles. The highest BCUT2D eigenvalue weighted by molar-refractivity contribution is 5.82. The molecule has 5 heteroatoms. The van der Waals surface area contributed by atoms with Crippen LogP contribution in [0.3, 0.4) is 0 Å². The van der Waals surface area contributed by atoms with E-state index in [2.05, 4.69) is 57.2 Å². The fourth-order valence-electron chi connectivity index (χ4n) is 5.37. The van der Waals surface area contributed by atoms with Gasteiger partial charge in [-0.2, -0.15) is 0 Å². The number of benzene rings is 1. The Morgan fingerprint density at radius 2 is 1.90 bits per heavy atom. The molecule has 0 unspecified atom stereocenters. The van der Waals surface area contributed by atoms with Gasteiger partial charge in [0.05, 0.1) is 11.4 Å². The number of hydrogen-bond donors (Lipinski definition) is 1. The molecule has 2 aliphatic heterocycles. The minimum Gasteiger partial charge on any atom is -0.361 e. The number of rotatable bonds is 3. The van der Waals surface area contributed by atoms with Gasteiger partial charge in [0.25, 0.3) is 0 Å². The van der Waals surface area contributed by atoms with E-state index in [9.17, 15) is 0 Å². The predicted octanol–water partition coefficient (Wildman–Crippen LogP) is 4.46. The van der Waals surface area contributed by atoms with Crippen LogP contribution in [-0.2, 0) is 6.54 Å². The number of fused-ring (bicyclic) bond motifs is 1. The number of piperidine rings is 2. The van der Waals surface area contributed by atoms with Gasteiger partial charge >= 0.3 is 0 Å². The van der Waals surface area contributed by atoms with Crippen LogP contribution in [0.5, 0.6) is 0 Å². The van der Waals surface area contributed by atoms with Crippen LogP contribution in [0.15, 0.2) is 36.7 Å². The summed E-state index contributed by atoms with van der Waals surface area (Å²) in [6.07, 6.45) is 9.26. The number of aromatic amines is 1. The second-order valence-electron chi connectivity index (χ2n) is 9.08. The van der Waals surface area contributed by atoms with Gasteiger partial charge in [-0.1, -0.05) is 18.2 Å². The van der Waals surface area contributed by atoms with E-state index >= 15 is 0 Å². The molecule has 0 aliphatic carbocycles. The van der Waals surface area contributed by atoms with Crippen LogP contribution >= 0.6 is 0 Å². The monoisotopic (exact) mass is 389 g/mol. The van der Waals surface area contributed by atoms with Crippen molar-refractivity contribution >= 4 is 16.7 Å². The van der Waals surface area contributed by atoms with Crippen molar-refractivity contribution in [3.63, 3.8) is 0 Å². The quantitative estimate of drug-likeness (QED) is 0.719. The van der Waals surface area contributed by atoms with E-state index < -0.39 is 0 Å². The zero-order chi connectivity index (χ0) is 19.8. The molecule has 152 valence electrons. The molecule has 1 spiro atoms. The van der Waals surface area contributed by atoms with E-state index in [0.717, 1.165) is 36.8 Å². The Morgan fingerprint density at radius 3 is 2.76 bits per heavy atom. The zero-order valence-electron chi connectivity index (χ0n) is 17.6. The lowest BCUT2D eigenvalue weighted by molar-refractivity contribution is 0.0606. The van der Waals surface area contributed by atoms with Gasteiger partial charge in [0.15, 0.2) is 0 Å². The average molecular weight is 390 g/mol. The summed E-state index contributed by atoms with van der Waals surface area (Å²) >= 11 is 0. The third kappa shape index (κ3) is 3.64. The molecule has 5 nitrogen and oxygen atoms in total. The molecule has 2 aromatic heterocycles. The molecule has 0 atom stereocenters. The number of aryl methyl sites for hydroxylation is 2. The van der Waals surface area contributed by atoms with Crippen LogP contribution in [0.25, 0.3) is 10.9 Å². The van der Waals surface area contributed by atoms with E-state index in [1.807, 2.05) is 13.1 Å². The van der Waals surface area contributed by atoms with E-state index in [1.54, 1.807) is 0 Å². The van der Waals surface area contributed by atoms with Gasteiger partial charge < -0.3 is 9.88 Å². The molecule has 4 heterocycles. The highest BCUT2D eigenvalue weighted by Gasteiger charge is 2.39. The fraction of sp³-hybridized carbons (Fsp3) is 0.500. The number of aromatic nitrogens is 3. The van der Waals surface area contributed by atoms with Crippen molar-refractivity contribution in [1.82, 2.24) is 19.9 Å². The third-order valence-electron chi connectivity index (χ3n) is 6.98. The Kier molecular flexibility index (Phi) is 4.78. The van der Waals surface area contributed by atoms with Gasteiger partial charge in [-0.3, -0.25) is 9.88 Å². The number of nitrogens with zero attached hydrogens (tertiary/aromatic N) is 4. The molecule has 3 aromatic rings. The maximum atomic E-state index is 4.77. The summed E-state index contributed by atoms with van der Waals surface area (Å²) in [6, 6.07) is 8.66. The molecular weight excluding hydrogens is 358 g/mol. The first kappa shape index (κ1) is 18.6. The molecule has 0 amide bonds. The molecule has 2 aliphatic rings. The van der Waals surface area contributed by atoms with E-state index in [1.165, 1.54) is 55.2 Å². The molecule has 0 bridgehead atoms. The maximum Gasteiger partial charge on any atom is 0.150 e. The highest BCUT2D eigenvalue weighted by atomic mass is 15.2.